The minimum atomic E-state index is 0.667. The number of aryl methyl sites for hydroxylation is 2. The Hall–Kier alpha value is -0.820. The highest BCUT2D eigenvalue weighted by Crippen LogP contribution is 2.28. The van der Waals surface area contributed by atoms with Crippen LogP contribution in [0.25, 0.3) is 0 Å². The Morgan fingerprint density at radius 2 is 2.07 bits per heavy atom. The Bertz CT molecular complexity index is 330. The molecule has 0 saturated carbocycles. The molecule has 0 heterocycles. The second kappa shape index (κ2) is 4.80. The summed E-state index contributed by atoms with van der Waals surface area (Å²) >= 11 is 0. The Morgan fingerprint density at radius 1 is 1.27 bits per heavy atom. The van der Waals surface area contributed by atoms with Crippen molar-refractivity contribution in [2.45, 2.75) is 44.9 Å². The van der Waals surface area contributed by atoms with Gasteiger partial charge in [0.05, 0.1) is 0 Å². The third kappa shape index (κ3) is 2.23. The second-order valence-electron chi connectivity index (χ2n) is 4.56. The van der Waals surface area contributed by atoms with E-state index in [9.17, 15) is 0 Å². The van der Waals surface area contributed by atoms with Crippen LogP contribution in [0.3, 0.4) is 0 Å². The van der Waals surface area contributed by atoms with Gasteiger partial charge in [-0.2, -0.15) is 0 Å². The van der Waals surface area contributed by atoms with Crippen LogP contribution >= 0.6 is 0 Å². The van der Waals surface area contributed by atoms with Gasteiger partial charge in [-0.15, -0.1) is 0 Å². The average molecular weight is 203 g/mol. The molecule has 2 rings (SSSR count). The Labute approximate surface area is 92.7 Å². The smallest absolute Gasteiger partial charge is 0.00714 e. The summed E-state index contributed by atoms with van der Waals surface area (Å²) in [5.74, 6) is 0.667. The van der Waals surface area contributed by atoms with Crippen LogP contribution in [0, 0.1) is 0 Å². The highest BCUT2D eigenvalue weighted by Gasteiger charge is 2.14. The van der Waals surface area contributed by atoms with Gasteiger partial charge in [0, 0.05) is 0 Å². The van der Waals surface area contributed by atoms with Gasteiger partial charge in [0.2, 0.25) is 0 Å². The molecule has 1 aromatic carbocycles. The molecular formula is C14H21N. The van der Waals surface area contributed by atoms with Crippen molar-refractivity contribution in [2.24, 2.45) is 5.73 Å². The molecule has 0 amide bonds. The van der Waals surface area contributed by atoms with Crippen molar-refractivity contribution in [2.75, 3.05) is 6.54 Å². The fraction of sp³-hybridized carbons (Fsp3) is 0.571. The summed E-state index contributed by atoms with van der Waals surface area (Å²) < 4.78 is 0. The van der Waals surface area contributed by atoms with Gasteiger partial charge in [0.15, 0.2) is 0 Å². The SMILES string of the molecule is CCC(CCN)c1ccc2c(c1)CCC2. The summed E-state index contributed by atoms with van der Waals surface area (Å²) in [7, 11) is 0. The van der Waals surface area contributed by atoms with Crippen LogP contribution < -0.4 is 5.73 Å². The molecule has 0 saturated heterocycles. The van der Waals surface area contributed by atoms with E-state index < -0.39 is 0 Å². The van der Waals surface area contributed by atoms with Crippen molar-refractivity contribution in [3.8, 4) is 0 Å². The van der Waals surface area contributed by atoms with Crippen LogP contribution in [0.4, 0.5) is 0 Å². The van der Waals surface area contributed by atoms with Gasteiger partial charge < -0.3 is 5.73 Å². The van der Waals surface area contributed by atoms with E-state index in [-0.39, 0.29) is 0 Å². The van der Waals surface area contributed by atoms with Crippen molar-refractivity contribution in [1.29, 1.82) is 0 Å². The lowest BCUT2D eigenvalue weighted by Gasteiger charge is -2.15. The predicted octanol–water partition coefficient (Wildman–Crippen LogP) is 3.02. The Kier molecular flexibility index (Phi) is 3.42. The number of rotatable bonds is 4. The zero-order valence-corrected chi connectivity index (χ0v) is 9.63. The zero-order chi connectivity index (χ0) is 10.7. The molecule has 0 aliphatic heterocycles. The maximum absolute atomic E-state index is 5.66. The first kappa shape index (κ1) is 10.7. The zero-order valence-electron chi connectivity index (χ0n) is 9.63. The predicted molar refractivity (Wildman–Crippen MR) is 65.2 cm³/mol. The van der Waals surface area contributed by atoms with Crippen LogP contribution in [0.1, 0.15) is 48.8 Å². The van der Waals surface area contributed by atoms with Gasteiger partial charge in [-0.05, 0) is 61.3 Å². The first-order valence-corrected chi connectivity index (χ1v) is 6.17. The van der Waals surface area contributed by atoms with E-state index in [1.807, 2.05) is 0 Å². The summed E-state index contributed by atoms with van der Waals surface area (Å²) in [4.78, 5) is 0. The molecular weight excluding hydrogens is 182 g/mol. The quantitative estimate of drug-likeness (QED) is 0.799. The van der Waals surface area contributed by atoms with Crippen molar-refractivity contribution < 1.29 is 0 Å². The van der Waals surface area contributed by atoms with E-state index in [0.29, 0.717) is 5.92 Å². The number of nitrogens with two attached hydrogens (primary N) is 1. The number of hydrogen-bond donors (Lipinski definition) is 1. The third-order valence-electron chi connectivity index (χ3n) is 3.60. The lowest BCUT2D eigenvalue weighted by molar-refractivity contribution is 0.614. The Balaban J connectivity index is 2.20. The molecule has 0 spiro atoms. The lowest BCUT2D eigenvalue weighted by Crippen LogP contribution is -2.07. The summed E-state index contributed by atoms with van der Waals surface area (Å²) in [5.41, 5.74) is 10.3. The van der Waals surface area contributed by atoms with Gasteiger partial charge >= 0.3 is 0 Å². The van der Waals surface area contributed by atoms with E-state index in [4.69, 9.17) is 5.73 Å². The minimum Gasteiger partial charge on any atom is -0.330 e. The molecule has 1 aliphatic rings. The van der Waals surface area contributed by atoms with Gasteiger partial charge in [-0.3, -0.25) is 0 Å². The first-order valence-electron chi connectivity index (χ1n) is 6.17. The fourth-order valence-electron chi connectivity index (χ4n) is 2.65. The van der Waals surface area contributed by atoms with E-state index in [1.165, 1.54) is 31.2 Å². The number of hydrogen-bond acceptors (Lipinski definition) is 1. The molecule has 1 nitrogen and oxygen atoms in total. The monoisotopic (exact) mass is 203 g/mol. The van der Waals surface area contributed by atoms with Gasteiger partial charge in [0.1, 0.15) is 0 Å². The topological polar surface area (TPSA) is 26.0 Å². The lowest BCUT2D eigenvalue weighted by atomic mass is 9.91. The van der Waals surface area contributed by atoms with E-state index in [1.54, 1.807) is 11.1 Å². The maximum atomic E-state index is 5.66. The summed E-state index contributed by atoms with van der Waals surface area (Å²) in [6, 6.07) is 7.07. The van der Waals surface area contributed by atoms with Crippen LogP contribution in [-0.2, 0) is 12.8 Å². The number of fused-ring (bicyclic) bond motifs is 1. The van der Waals surface area contributed by atoms with Crippen LogP contribution in [0.15, 0.2) is 18.2 Å². The van der Waals surface area contributed by atoms with Gasteiger partial charge in [0.25, 0.3) is 0 Å². The van der Waals surface area contributed by atoms with Gasteiger partial charge in [-0.1, -0.05) is 25.1 Å². The second-order valence-corrected chi connectivity index (χ2v) is 4.56. The molecule has 0 aromatic heterocycles. The molecule has 82 valence electrons. The highest BCUT2D eigenvalue weighted by atomic mass is 14.5. The molecule has 1 unspecified atom stereocenters. The molecule has 1 aliphatic carbocycles. The van der Waals surface area contributed by atoms with Crippen molar-refractivity contribution in [1.82, 2.24) is 0 Å². The van der Waals surface area contributed by atoms with Crippen molar-refractivity contribution in [3.63, 3.8) is 0 Å². The summed E-state index contributed by atoms with van der Waals surface area (Å²) in [6.45, 7) is 3.06. The molecule has 0 radical (unpaired) electrons. The maximum Gasteiger partial charge on any atom is -0.00714 e. The highest BCUT2D eigenvalue weighted by molar-refractivity contribution is 5.36. The molecule has 1 heteroatoms. The Morgan fingerprint density at radius 3 is 2.80 bits per heavy atom. The van der Waals surface area contributed by atoms with Crippen molar-refractivity contribution in [3.05, 3.63) is 34.9 Å². The normalized spacial score (nSPS) is 16.4. The molecule has 1 atom stereocenters. The fourth-order valence-corrected chi connectivity index (χ4v) is 2.65. The molecule has 15 heavy (non-hydrogen) atoms. The minimum absolute atomic E-state index is 0.667. The molecule has 1 aromatic rings. The number of benzene rings is 1. The van der Waals surface area contributed by atoms with Crippen LogP contribution in [0.5, 0.6) is 0 Å². The molecule has 0 bridgehead atoms. The standard InChI is InChI=1S/C14H21N/c1-2-11(8-9-15)14-7-6-12-4-3-5-13(12)10-14/h6-7,10-11H,2-5,8-9,15H2,1H3. The largest absolute Gasteiger partial charge is 0.330 e. The van der Waals surface area contributed by atoms with Gasteiger partial charge in [-0.25, -0.2) is 0 Å². The van der Waals surface area contributed by atoms with E-state index >= 15 is 0 Å². The third-order valence-corrected chi connectivity index (χ3v) is 3.60. The molecule has 2 N–H and O–H groups in total. The molecule has 0 fully saturated rings. The van der Waals surface area contributed by atoms with Crippen LogP contribution in [0.2, 0.25) is 0 Å². The van der Waals surface area contributed by atoms with E-state index in [0.717, 1.165) is 13.0 Å². The summed E-state index contributed by atoms with van der Waals surface area (Å²) in [6.07, 6.45) is 6.23. The first-order chi connectivity index (χ1) is 7.35. The summed E-state index contributed by atoms with van der Waals surface area (Å²) in [5, 5.41) is 0. The van der Waals surface area contributed by atoms with Crippen LogP contribution in [-0.4, -0.2) is 6.54 Å². The van der Waals surface area contributed by atoms with E-state index in [2.05, 4.69) is 25.1 Å². The average Bonchev–Trinajstić information content (AvgIpc) is 2.72. The van der Waals surface area contributed by atoms with Crippen molar-refractivity contribution >= 4 is 0 Å².